The number of ether oxygens (including phenoxy) is 3. The molecule has 0 unspecified atom stereocenters. The molecule has 3 aromatic rings. The first kappa shape index (κ1) is 20.3. The van der Waals surface area contributed by atoms with E-state index in [1.54, 1.807) is 27.2 Å². The molecule has 0 amide bonds. The van der Waals surface area contributed by atoms with E-state index in [2.05, 4.69) is 17.0 Å². The molecule has 158 valence electrons. The molecule has 0 N–H and O–H groups in total. The molecule has 6 nitrogen and oxygen atoms in total. The summed E-state index contributed by atoms with van der Waals surface area (Å²) in [7, 11) is 3.32. The fourth-order valence-electron chi connectivity index (χ4n) is 3.94. The van der Waals surface area contributed by atoms with Crippen LogP contribution in [0.25, 0.3) is 11.0 Å². The first-order valence-electron chi connectivity index (χ1n) is 10.1. The van der Waals surface area contributed by atoms with Gasteiger partial charge in [-0.1, -0.05) is 0 Å². The third-order valence-electron chi connectivity index (χ3n) is 5.90. The van der Waals surface area contributed by atoms with Gasteiger partial charge >= 0.3 is 5.63 Å². The normalized spacial score (nSPS) is 13.9. The van der Waals surface area contributed by atoms with Gasteiger partial charge in [0.2, 0.25) is 0 Å². The molecule has 0 fully saturated rings. The number of nitrogens with zero attached hydrogens (tertiary/aromatic N) is 1. The van der Waals surface area contributed by atoms with Gasteiger partial charge in [0.1, 0.15) is 17.9 Å². The molecular formula is C24H27NO5. The van der Waals surface area contributed by atoms with Crippen LogP contribution in [0.2, 0.25) is 0 Å². The summed E-state index contributed by atoms with van der Waals surface area (Å²) in [4.78, 5) is 14.3. The van der Waals surface area contributed by atoms with Crippen molar-refractivity contribution < 1.29 is 18.6 Å². The quantitative estimate of drug-likeness (QED) is 0.576. The van der Waals surface area contributed by atoms with Crippen LogP contribution in [0.5, 0.6) is 17.2 Å². The Bertz CT molecular complexity index is 1130. The van der Waals surface area contributed by atoms with Gasteiger partial charge in [0.25, 0.3) is 0 Å². The highest BCUT2D eigenvalue weighted by molar-refractivity contribution is 5.82. The van der Waals surface area contributed by atoms with Gasteiger partial charge in [0, 0.05) is 36.7 Å². The lowest BCUT2D eigenvalue weighted by Gasteiger charge is -2.29. The lowest BCUT2D eigenvalue weighted by molar-refractivity contribution is 0.196. The van der Waals surface area contributed by atoms with Gasteiger partial charge in [-0.2, -0.15) is 0 Å². The van der Waals surface area contributed by atoms with Crippen molar-refractivity contribution in [3.8, 4) is 17.2 Å². The summed E-state index contributed by atoms with van der Waals surface area (Å²) in [5, 5.41) is 0.941. The number of aryl methyl sites for hydroxylation is 1. The van der Waals surface area contributed by atoms with Crippen molar-refractivity contribution in [3.05, 3.63) is 63.0 Å². The van der Waals surface area contributed by atoms with E-state index in [0.29, 0.717) is 23.5 Å². The lowest BCUT2D eigenvalue weighted by Crippen LogP contribution is -2.33. The van der Waals surface area contributed by atoms with E-state index in [1.165, 1.54) is 11.1 Å². The van der Waals surface area contributed by atoms with Gasteiger partial charge in [-0.15, -0.1) is 0 Å². The Morgan fingerprint density at radius 1 is 1.00 bits per heavy atom. The molecule has 30 heavy (non-hydrogen) atoms. The van der Waals surface area contributed by atoms with Crippen LogP contribution in [0.4, 0.5) is 0 Å². The van der Waals surface area contributed by atoms with Gasteiger partial charge in [-0.25, -0.2) is 4.79 Å². The van der Waals surface area contributed by atoms with E-state index >= 15 is 0 Å². The Hall–Kier alpha value is -2.99. The molecule has 0 aliphatic carbocycles. The molecule has 6 heteroatoms. The van der Waals surface area contributed by atoms with Gasteiger partial charge in [-0.3, -0.25) is 4.90 Å². The SMILES string of the molecule is COc1cc2c(cc1OC)CN(CCOc1ccc3c(C)c(C)c(=O)oc3c1)CC2. The van der Waals surface area contributed by atoms with Gasteiger partial charge < -0.3 is 18.6 Å². The van der Waals surface area contributed by atoms with Crippen LogP contribution in [0.1, 0.15) is 22.3 Å². The van der Waals surface area contributed by atoms with Gasteiger partial charge in [0.15, 0.2) is 11.5 Å². The minimum Gasteiger partial charge on any atom is -0.493 e. The maximum absolute atomic E-state index is 11.9. The van der Waals surface area contributed by atoms with Crippen LogP contribution < -0.4 is 19.8 Å². The van der Waals surface area contributed by atoms with Crippen LogP contribution >= 0.6 is 0 Å². The fraction of sp³-hybridized carbons (Fsp3) is 0.375. The Morgan fingerprint density at radius 2 is 1.73 bits per heavy atom. The molecule has 0 saturated carbocycles. The summed E-state index contributed by atoms with van der Waals surface area (Å²) in [6, 6.07) is 9.82. The molecule has 0 saturated heterocycles. The summed E-state index contributed by atoms with van der Waals surface area (Å²) >= 11 is 0. The predicted octanol–water partition coefficient (Wildman–Crippen LogP) is 3.86. The summed E-state index contributed by atoms with van der Waals surface area (Å²) in [6.45, 7) is 6.91. The number of fused-ring (bicyclic) bond motifs is 2. The number of hydrogen-bond acceptors (Lipinski definition) is 6. The minimum atomic E-state index is -0.295. The Morgan fingerprint density at radius 3 is 2.47 bits per heavy atom. The molecule has 4 rings (SSSR count). The molecule has 0 bridgehead atoms. The van der Waals surface area contributed by atoms with Crippen LogP contribution in [0.15, 0.2) is 39.5 Å². The summed E-state index contributed by atoms with van der Waals surface area (Å²) in [6.07, 6.45) is 0.968. The summed E-state index contributed by atoms with van der Waals surface area (Å²) in [5.74, 6) is 2.25. The second-order valence-electron chi connectivity index (χ2n) is 7.65. The van der Waals surface area contributed by atoms with Gasteiger partial charge in [-0.05, 0) is 61.2 Å². The first-order chi connectivity index (χ1) is 14.5. The number of rotatable bonds is 6. The molecule has 0 atom stereocenters. The number of hydrogen-bond donors (Lipinski definition) is 0. The van der Waals surface area contributed by atoms with E-state index in [-0.39, 0.29) is 5.63 Å². The highest BCUT2D eigenvalue weighted by Crippen LogP contribution is 2.33. The monoisotopic (exact) mass is 409 g/mol. The zero-order valence-electron chi connectivity index (χ0n) is 17.9. The van der Waals surface area contributed by atoms with E-state index in [1.807, 2.05) is 19.1 Å². The molecule has 2 heterocycles. The average molecular weight is 409 g/mol. The topological polar surface area (TPSA) is 61.1 Å². The Balaban J connectivity index is 1.40. The highest BCUT2D eigenvalue weighted by Gasteiger charge is 2.19. The number of methoxy groups -OCH3 is 2. The van der Waals surface area contributed by atoms with Crippen LogP contribution in [0.3, 0.4) is 0 Å². The van der Waals surface area contributed by atoms with E-state index in [9.17, 15) is 4.79 Å². The lowest BCUT2D eigenvalue weighted by atomic mass is 9.99. The molecule has 0 spiro atoms. The largest absolute Gasteiger partial charge is 0.493 e. The molecule has 1 aliphatic heterocycles. The Kier molecular flexibility index (Phi) is 5.68. The zero-order valence-corrected chi connectivity index (χ0v) is 17.9. The van der Waals surface area contributed by atoms with Crippen molar-refractivity contribution in [3.63, 3.8) is 0 Å². The van der Waals surface area contributed by atoms with Crippen LogP contribution in [-0.4, -0.2) is 38.8 Å². The van der Waals surface area contributed by atoms with E-state index < -0.39 is 0 Å². The van der Waals surface area contributed by atoms with Crippen molar-refractivity contribution in [2.75, 3.05) is 33.9 Å². The first-order valence-corrected chi connectivity index (χ1v) is 10.1. The maximum atomic E-state index is 11.9. The Labute approximate surface area is 176 Å². The zero-order chi connectivity index (χ0) is 21.3. The third-order valence-corrected chi connectivity index (χ3v) is 5.90. The summed E-state index contributed by atoms with van der Waals surface area (Å²) < 4.78 is 22.2. The highest BCUT2D eigenvalue weighted by atomic mass is 16.5. The van der Waals surface area contributed by atoms with Crippen molar-refractivity contribution in [1.29, 1.82) is 0 Å². The second-order valence-corrected chi connectivity index (χ2v) is 7.65. The molecule has 0 radical (unpaired) electrons. The van der Waals surface area contributed by atoms with Crippen molar-refractivity contribution in [2.45, 2.75) is 26.8 Å². The molecular weight excluding hydrogens is 382 g/mol. The second kappa shape index (κ2) is 8.40. The van der Waals surface area contributed by atoms with Crippen molar-refractivity contribution in [1.82, 2.24) is 4.90 Å². The minimum absolute atomic E-state index is 0.295. The van der Waals surface area contributed by atoms with Crippen LogP contribution in [0, 0.1) is 13.8 Å². The third kappa shape index (κ3) is 3.87. The van der Waals surface area contributed by atoms with Crippen molar-refractivity contribution >= 4 is 11.0 Å². The van der Waals surface area contributed by atoms with E-state index in [4.69, 9.17) is 18.6 Å². The fourth-order valence-corrected chi connectivity index (χ4v) is 3.94. The van der Waals surface area contributed by atoms with Crippen molar-refractivity contribution in [2.24, 2.45) is 0 Å². The maximum Gasteiger partial charge on any atom is 0.339 e. The van der Waals surface area contributed by atoms with E-state index in [0.717, 1.165) is 48.5 Å². The average Bonchev–Trinajstić information content (AvgIpc) is 2.76. The standard InChI is InChI=1S/C24H27NO5/c1-15-16(2)24(26)30-21-13-19(5-6-20(15)21)29-10-9-25-8-7-17-11-22(27-3)23(28-4)12-18(17)14-25/h5-6,11-13H,7-10,14H2,1-4H3. The molecule has 2 aromatic carbocycles. The predicted molar refractivity (Wildman–Crippen MR) is 116 cm³/mol. The smallest absolute Gasteiger partial charge is 0.339 e. The molecule has 1 aromatic heterocycles. The summed E-state index contributed by atoms with van der Waals surface area (Å²) in [5.41, 5.74) is 4.43. The van der Waals surface area contributed by atoms with Gasteiger partial charge in [0.05, 0.1) is 14.2 Å². The number of benzene rings is 2. The van der Waals surface area contributed by atoms with Crippen LogP contribution in [-0.2, 0) is 13.0 Å². The molecule has 1 aliphatic rings.